The third-order valence-electron chi connectivity index (χ3n) is 3.78. The Morgan fingerprint density at radius 2 is 2.05 bits per heavy atom. The molecule has 1 aromatic rings. The molecule has 2 N–H and O–H groups in total. The summed E-state index contributed by atoms with van der Waals surface area (Å²) < 4.78 is 38.1. The van der Waals surface area contributed by atoms with Gasteiger partial charge in [0.2, 0.25) is 0 Å². The highest BCUT2D eigenvalue weighted by Crippen LogP contribution is 2.34. The Labute approximate surface area is 119 Å². The smallest absolute Gasteiger partial charge is 0.416 e. The molecule has 1 aliphatic heterocycles. The minimum Gasteiger partial charge on any atom is -0.508 e. The molecule has 0 spiro atoms. The van der Waals surface area contributed by atoms with E-state index in [1.54, 1.807) is 11.8 Å². The van der Waals surface area contributed by atoms with Crippen molar-refractivity contribution in [1.29, 1.82) is 0 Å². The zero-order chi connectivity index (χ0) is 15.8. The van der Waals surface area contributed by atoms with Crippen molar-refractivity contribution in [3.63, 3.8) is 0 Å². The molecular weight excluding hydrogens is 287 g/mol. The molecule has 0 amide bonds. The van der Waals surface area contributed by atoms with Crippen molar-refractivity contribution in [2.45, 2.75) is 26.1 Å². The second-order valence-electron chi connectivity index (χ2n) is 5.71. The quantitative estimate of drug-likeness (QED) is 0.901. The molecule has 1 unspecified atom stereocenters. The molecular formula is C14H16F3NO3. The van der Waals surface area contributed by atoms with Gasteiger partial charge in [-0.25, -0.2) is 0 Å². The Morgan fingerprint density at radius 3 is 2.57 bits per heavy atom. The Balaban J connectivity index is 2.15. The van der Waals surface area contributed by atoms with Crippen LogP contribution >= 0.6 is 0 Å². The molecule has 2 rings (SSSR count). The molecule has 1 fully saturated rings. The van der Waals surface area contributed by atoms with Gasteiger partial charge in [-0.3, -0.25) is 9.69 Å². The fourth-order valence-electron chi connectivity index (χ4n) is 2.55. The Bertz CT molecular complexity index is 559. The average molecular weight is 303 g/mol. The topological polar surface area (TPSA) is 60.8 Å². The van der Waals surface area contributed by atoms with Crippen molar-refractivity contribution in [1.82, 2.24) is 4.90 Å². The summed E-state index contributed by atoms with van der Waals surface area (Å²) in [6, 6.07) is 2.93. The zero-order valence-corrected chi connectivity index (χ0v) is 11.4. The van der Waals surface area contributed by atoms with Crippen LogP contribution < -0.4 is 0 Å². The number of alkyl halides is 3. The third-order valence-corrected chi connectivity index (χ3v) is 3.78. The van der Waals surface area contributed by atoms with Crippen LogP contribution in [0.15, 0.2) is 18.2 Å². The van der Waals surface area contributed by atoms with E-state index < -0.39 is 28.9 Å². The lowest BCUT2D eigenvalue weighted by Gasteiger charge is -2.20. The van der Waals surface area contributed by atoms with Crippen molar-refractivity contribution in [2.75, 3.05) is 13.1 Å². The van der Waals surface area contributed by atoms with E-state index in [0.29, 0.717) is 24.6 Å². The van der Waals surface area contributed by atoms with Crippen LogP contribution in [-0.2, 0) is 17.5 Å². The maximum absolute atomic E-state index is 12.7. The summed E-state index contributed by atoms with van der Waals surface area (Å²) in [6.07, 6.45) is -4.07. The second kappa shape index (κ2) is 5.22. The second-order valence-corrected chi connectivity index (χ2v) is 5.71. The van der Waals surface area contributed by atoms with Gasteiger partial charge in [-0.2, -0.15) is 13.2 Å². The lowest BCUT2D eigenvalue weighted by Crippen LogP contribution is -2.31. The summed E-state index contributed by atoms with van der Waals surface area (Å²) in [6.45, 7) is 2.58. The van der Waals surface area contributed by atoms with Crippen LogP contribution in [0, 0.1) is 5.41 Å². The van der Waals surface area contributed by atoms with Crippen LogP contribution in [0.3, 0.4) is 0 Å². The number of likely N-dealkylation sites (tertiary alicyclic amines) is 1. The maximum atomic E-state index is 12.7. The molecule has 0 bridgehead atoms. The van der Waals surface area contributed by atoms with Crippen molar-refractivity contribution in [2.24, 2.45) is 5.41 Å². The number of phenolic OH excluding ortho intramolecular Hbond substituents is 1. The van der Waals surface area contributed by atoms with Crippen LogP contribution in [0.2, 0.25) is 0 Å². The Kier molecular flexibility index (Phi) is 3.88. The summed E-state index contributed by atoms with van der Waals surface area (Å²) in [4.78, 5) is 12.9. The largest absolute Gasteiger partial charge is 0.508 e. The number of aromatic hydroxyl groups is 1. The minimum atomic E-state index is -4.52. The first-order valence-electron chi connectivity index (χ1n) is 6.46. The first-order valence-corrected chi connectivity index (χ1v) is 6.46. The first kappa shape index (κ1) is 15.6. The Morgan fingerprint density at radius 1 is 1.38 bits per heavy atom. The van der Waals surface area contributed by atoms with Gasteiger partial charge < -0.3 is 10.2 Å². The van der Waals surface area contributed by atoms with Crippen LogP contribution in [0.25, 0.3) is 0 Å². The molecule has 0 radical (unpaired) electrons. The fraction of sp³-hybridized carbons (Fsp3) is 0.500. The molecule has 7 heteroatoms. The van der Waals surface area contributed by atoms with Gasteiger partial charge in [-0.05, 0) is 43.7 Å². The number of carboxylic acid groups (broad SMARTS) is 1. The number of benzene rings is 1. The van der Waals surface area contributed by atoms with E-state index >= 15 is 0 Å². The molecule has 1 atom stereocenters. The molecule has 1 aliphatic rings. The highest BCUT2D eigenvalue weighted by Gasteiger charge is 2.40. The summed E-state index contributed by atoms with van der Waals surface area (Å²) in [5.74, 6) is -1.35. The molecule has 1 saturated heterocycles. The number of aliphatic carboxylic acids is 1. The molecule has 1 heterocycles. The first-order chi connectivity index (χ1) is 9.60. The number of rotatable bonds is 3. The van der Waals surface area contributed by atoms with Crippen LogP contribution in [-0.4, -0.2) is 34.2 Å². The monoisotopic (exact) mass is 303 g/mol. The molecule has 1 aromatic carbocycles. The van der Waals surface area contributed by atoms with E-state index in [2.05, 4.69) is 0 Å². The van der Waals surface area contributed by atoms with Gasteiger partial charge in [0.25, 0.3) is 0 Å². The lowest BCUT2D eigenvalue weighted by atomic mass is 9.90. The number of hydrogen-bond acceptors (Lipinski definition) is 3. The number of carboxylic acids is 1. The summed E-state index contributed by atoms with van der Waals surface area (Å²) in [7, 11) is 0. The van der Waals surface area contributed by atoms with Gasteiger partial charge in [-0.1, -0.05) is 0 Å². The van der Waals surface area contributed by atoms with E-state index in [1.807, 2.05) is 0 Å². The molecule has 21 heavy (non-hydrogen) atoms. The van der Waals surface area contributed by atoms with Gasteiger partial charge in [-0.15, -0.1) is 0 Å². The maximum Gasteiger partial charge on any atom is 0.416 e. The van der Waals surface area contributed by atoms with Crippen LogP contribution in [0.4, 0.5) is 13.2 Å². The predicted molar refractivity (Wildman–Crippen MR) is 68.7 cm³/mol. The summed E-state index contributed by atoms with van der Waals surface area (Å²) in [5.41, 5.74) is -1.46. The van der Waals surface area contributed by atoms with E-state index in [1.165, 1.54) is 6.07 Å². The van der Waals surface area contributed by atoms with Crippen LogP contribution in [0.1, 0.15) is 24.5 Å². The van der Waals surface area contributed by atoms with Gasteiger partial charge in [0, 0.05) is 13.1 Å². The van der Waals surface area contributed by atoms with Gasteiger partial charge in [0.1, 0.15) is 5.75 Å². The zero-order valence-electron chi connectivity index (χ0n) is 11.4. The van der Waals surface area contributed by atoms with E-state index in [4.69, 9.17) is 5.11 Å². The number of carbonyl (C=O) groups is 1. The van der Waals surface area contributed by atoms with Crippen molar-refractivity contribution >= 4 is 5.97 Å². The molecule has 0 saturated carbocycles. The van der Waals surface area contributed by atoms with Gasteiger partial charge in [0.05, 0.1) is 11.0 Å². The number of hydrogen-bond donors (Lipinski definition) is 2. The number of nitrogens with zero attached hydrogens (tertiary/aromatic N) is 1. The highest BCUT2D eigenvalue weighted by atomic mass is 19.4. The standard InChI is InChI=1S/C14H16F3NO3/c1-13(12(20)21)2-3-18(8-13)7-9-4-10(14(15,16)17)6-11(19)5-9/h4-6,19H,2-3,7-8H2,1H3,(H,20,21). The molecule has 116 valence electrons. The molecule has 4 nitrogen and oxygen atoms in total. The van der Waals surface area contributed by atoms with Crippen LogP contribution in [0.5, 0.6) is 5.75 Å². The van der Waals surface area contributed by atoms with Crippen molar-refractivity contribution in [3.8, 4) is 5.75 Å². The van der Waals surface area contributed by atoms with Crippen molar-refractivity contribution in [3.05, 3.63) is 29.3 Å². The Hall–Kier alpha value is -1.76. The van der Waals surface area contributed by atoms with Crippen molar-refractivity contribution < 1.29 is 28.2 Å². The van der Waals surface area contributed by atoms with Gasteiger partial charge in [0.15, 0.2) is 0 Å². The number of halogens is 3. The number of phenols is 1. The SMILES string of the molecule is CC1(C(=O)O)CCN(Cc2cc(O)cc(C(F)(F)F)c2)C1. The lowest BCUT2D eigenvalue weighted by molar-refractivity contribution is -0.147. The third kappa shape index (κ3) is 3.47. The van der Waals surface area contributed by atoms with E-state index in [-0.39, 0.29) is 13.1 Å². The minimum absolute atomic E-state index is 0.181. The average Bonchev–Trinajstić information content (AvgIpc) is 2.70. The fourth-order valence-corrected chi connectivity index (χ4v) is 2.55. The normalized spacial score (nSPS) is 23.4. The van der Waals surface area contributed by atoms with E-state index in [9.17, 15) is 23.1 Å². The highest BCUT2D eigenvalue weighted by molar-refractivity contribution is 5.74. The molecule has 0 aliphatic carbocycles. The van der Waals surface area contributed by atoms with E-state index in [0.717, 1.165) is 6.07 Å². The molecule has 0 aromatic heterocycles. The summed E-state index contributed by atoms with van der Waals surface area (Å²) in [5, 5.41) is 18.5. The summed E-state index contributed by atoms with van der Waals surface area (Å²) >= 11 is 0. The van der Waals surface area contributed by atoms with Gasteiger partial charge >= 0.3 is 12.1 Å². The predicted octanol–water partition coefficient (Wildman–Crippen LogP) is 2.71.